The highest BCUT2D eigenvalue weighted by Gasteiger charge is 2.44. The number of aromatic nitrogens is 2. The predicted octanol–water partition coefficient (Wildman–Crippen LogP) is 4.25. The van der Waals surface area contributed by atoms with Gasteiger partial charge < -0.3 is 15.0 Å². The Kier molecular flexibility index (Phi) is 6.77. The summed E-state index contributed by atoms with van der Waals surface area (Å²) in [4.78, 5) is 37.1. The Bertz CT molecular complexity index is 1200. The van der Waals surface area contributed by atoms with E-state index in [1.807, 2.05) is 23.1 Å². The number of hydrogen-bond acceptors (Lipinski definition) is 5. The number of likely N-dealkylation sites (tertiary alicyclic amines) is 1. The minimum absolute atomic E-state index is 0.00132. The first kappa shape index (κ1) is 23.4. The van der Waals surface area contributed by atoms with E-state index in [0.717, 1.165) is 35.1 Å². The van der Waals surface area contributed by atoms with Crippen molar-refractivity contribution in [3.05, 3.63) is 66.0 Å². The maximum atomic E-state index is 13.8. The number of anilines is 1. The van der Waals surface area contributed by atoms with Crippen LogP contribution in [-0.2, 0) is 19.7 Å². The number of amides is 2. The number of benzene rings is 2. The third-order valence-corrected chi connectivity index (χ3v) is 7.49. The second-order valence-electron chi connectivity index (χ2n) is 9.81. The molecule has 0 radical (unpaired) electrons. The third-order valence-electron chi connectivity index (χ3n) is 7.49. The molecule has 7 heteroatoms. The maximum absolute atomic E-state index is 13.8. The Morgan fingerprint density at radius 3 is 2.40 bits per heavy atom. The zero-order valence-corrected chi connectivity index (χ0v) is 20.2. The van der Waals surface area contributed by atoms with E-state index in [4.69, 9.17) is 4.74 Å². The first-order chi connectivity index (χ1) is 17.0. The van der Waals surface area contributed by atoms with Crippen LogP contribution in [0.5, 0.6) is 0 Å². The van der Waals surface area contributed by atoms with Gasteiger partial charge in [0.05, 0.1) is 16.4 Å². The average molecular weight is 473 g/mol. The van der Waals surface area contributed by atoms with E-state index in [9.17, 15) is 9.59 Å². The van der Waals surface area contributed by atoms with Crippen molar-refractivity contribution in [2.24, 2.45) is 5.92 Å². The molecule has 3 aromatic rings. The second-order valence-corrected chi connectivity index (χ2v) is 9.81. The molecule has 0 bridgehead atoms. The van der Waals surface area contributed by atoms with Crippen LogP contribution in [0.3, 0.4) is 0 Å². The molecule has 7 nitrogen and oxygen atoms in total. The van der Waals surface area contributed by atoms with E-state index in [0.29, 0.717) is 45.6 Å². The van der Waals surface area contributed by atoms with Gasteiger partial charge in [0.1, 0.15) is 0 Å². The Labute approximate surface area is 205 Å². The zero-order chi connectivity index (χ0) is 24.3. The summed E-state index contributed by atoms with van der Waals surface area (Å²) < 4.78 is 5.62. The van der Waals surface area contributed by atoms with Gasteiger partial charge in [-0.1, -0.05) is 29.8 Å². The number of carbonyl (C=O) groups is 2. The number of rotatable bonds is 5. The molecule has 2 aromatic carbocycles. The molecule has 1 N–H and O–H groups in total. The largest absolute Gasteiger partial charge is 0.381 e. The van der Waals surface area contributed by atoms with E-state index < -0.39 is 5.41 Å². The SMILES string of the molecule is Cc1ccc(C2(C(=O)N3CCC(CC(=O)Nc4ccc5nccnc5c4)CC3)CCOCC2)cc1. The number of nitrogens with zero attached hydrogens (tertiary/aromatic N) is 3. The van der Waals surface area contributed by atoms with E-state index in [2.05, 4.69) is 46.5 Å². The second kappa shape index (κ2) is 10.1. The molecule has 0 atom stereocenters. The normalized spacial score (nSPS) is 18.4. The molecule has 2 aliphatic rings. The summed E-state index contributed by atoms with van der Waals surface area (Å²) in [6, 6.07) is 14.0. The monoisotopic (exact) mass is 472 g/mol. The van der Waals surface area contributed by atoms with Crippen molar-refractivity contribution in [2.45, 2.75) is 44.4 Å². The lowest BCUT2D eigenvalue weighted by molar-refractivity contribution is -0.142. The van der Waals surface area contributed by atoms with Crippen molar-refractivity contribution in [1.82, 2.24) is 14.9 Å². The van der Waals surface area contributed by atoms with Crippen LogP contribution >= 0.6 is 0 Å². The summed E-state index contributed by atoms with van der Waals surface area (Å²) in [6.07, 6.45) is 6.86. The molecular formula is C28H32N4O3. The Balaban J connectivity index is 1.19. The maximum Gasteiger partial charge on any atom is 0.233 e. The van der Waals surface area contributed by atoms with Gasteiger partial charge in [-0.2, -0.15) is 0 Å². The molecule has 182 valence electrons. The lowest BCUT2D eigenvalue weighted by Crippen LogP contribution is -2.52. The molecule has 1 aromatic heterocycles. The minimum Gasteiger partial charge on any atom is -0.381 e. The molecule has 0 spiro atoms. The smallest absolute Gasteiger partial charge is 0.233 e. The molecule has 2 amide bonds. The van der Waals surface area contributed by atoms with Crippen molar-refractivity contribution in [3.63, 3.8) is 0 Å². The van der Waals surface area contributed by atoms with Crippen molar-refractivity contribution in [2.75, 3.05) is 31.6 Å². The quantitative estimate of drug-likeness (QED) is 0.600. The number of hydrogen-bond donors (Lipinski definition) is 1. The fourth-order valence-corrected chi connectivity index (χ4v) is 5.38. The summed E-state index contributed by atoms with van der Waals surface area (Å²) in [5, 5.41) is 3.00. The summed E-state index contributed by atoms with van der Waals surface area (Å²) in [6.45, 7) is 4.66. The average Bonchev–Trinajstić information content (AvgIpc) is 2.89. The molecule has 2 fully saturated rings. The van der Waals surface area contributed by atoms with Gasteiger partial charge in [0, 0.05) is 50.8 Å². The van der Waals surface area contributed by atoms with Crippen LogP contribution in [0.25, 0.3) is 11.0 Å². The van der Waals surface area contributed by atoms with Gasteiger partial charge >= 0.3 is 0 Å². The number of fused-ring (bicyclic) bond motifs is 1. The highest BCUT2D eigenvalue weighted by atomic mass is 16.5. The first-order valence-corrected chi connectivity index (χ1v) is 12.5. The van der Waals surface area contributed by atoms with Gasteiger partial charge in [-0.05, 0) is 62.3 Å². The molecule has 2 saturated heterocycles. The highest BCUT2D eigenvalue weighted by molar-refractivity contribution is 5.93. The summed E-state index contributed by atoms with van der Waals surface area (Å²) >= 11 is 0. The lowest BCUT2D eigenvalue weighted by Gasteiger charge is -2.42. The highest BCUT2D eigenvalue weighted by Crippen LogP contribution is 2.38. The molecule has 3 heterocycles. The first-order valence-electron chi connectivity index (χ1n) is 12.5. The molecule has 0 saturated carbocycles. The van der Waals surface area contributed by atoms with Gasteiger partial charge in [0.25, 0.3) is 0 Å². The molecule has 2 aliphatic heterocycles. The zero-order valence-electron chi connectivity index (χ0n) is 20.2. The Morgan fingerprint density at radius 2 is 1.69 bits per heavy atom. The number of nitrogens with one attached hydrogen (secondary N) is 1. The van der Waals surface area contributed by atoms with E-state index in [-0.39, 0.29) is 17.7 Å². The number of carbonyl (C=O) groups excluding carboxylic acids is 2. The van der Waals surface area contributed by atoms with Crippen LogP contribution in [0.2, 0.25) is 0 Å². The lowest BCUT2D eigenvalue weighted by atomic mass is 9.72. The molecule has 5 rings (SSSR count). The van der Waals surface area contributed by atoms with Crippen LogP contribution in [0.15, 0.2) is 54.9 Å². The standard InChI is InChI=1S/C28H32N4O3/c1-20-2-4-22(5-3-20)28(10-16-35-17-11-28)27(34)32-14-8-21(9-15-32)18-26(33)31-23-6-7-24-25(19-23)30-13-12-29-24/h2-7,12-13,19,21H,8-11,14-18H2,1H3,(H,31,33). The summed E-state index contributed by atoms with van der Waals surface area (Å²) in [7, 11) is 0. The van der Waals surface area contributed by atoms with E-state index in [1.165, 1.54) is 5.56 Å². The topological polar surface area (TPSA) is 84.4 Å². The van der Waals surface area contributed by atoms with Crippen molar-refractivity contribution < 1.29 is 14.3 Å². The van der Waals surface area contributed by atoms with E-state index >= 15 is 0 Å². The van der Waals surface area contributed by atoms with Gasteiger partial charge in [-0.3, -0.25) is 19.6 Å². The number of ether oxygens (including phenoxy) is 1. The van der Waals surface area contributed by atoms with Gasteiger partial charge in [-0.25, -0.2) is 0 Å². The molecular weight excluding hydrogens is 440 g/mol. The van der Waals surface area contributed by atoms with Crippen LogP contribution in [-0.4, -0.2) is 53.0 Å². The fourth-order valence-electron chi connectivity index (χ4n) is 5.38. The summed E-state index contributed by atoms with van der Waals surface area (Å²) in [5.41, 5.74) is 4.07. The Morgan fingerprint density at radius 1 is 1.00 bits per heavy atom. The van der Waals surface area contributed by atoms with Gasteiger partial charge in [-0.15, -0.1) is 0 Å². The molecule has 0 aliphatic carbocycles. The predicted molar refractivity (Wildman–Crippen MR) is 135 cm³/mol. The van der Waals surface area contributed by atoms with E-state index in [1.54, 1.807) is 12.4 Å². The molecule has 0 unspecified atom stereocenters. The summed E-state index contributed by atoms with van der Waals surface area (Å²) in [5.74, 6) is 0.479. The fraction of sp³-hybridized carbons (Fsp3) is 0.429. The van der Waals surface area contributed by atoms with Crippen molar-refractivity contribution >= 4 is 28.5 Å². The third kappa shape index (κ3) is 5.05. The number of piperidine rings is 1. The van der Waals surface area contributed by atoms with Crippen LogP contribution < -0.4 is 5.32 Å². The van der Waals surface area contributed by atoms with Gasteiger partial charge in [0.2, 0.25) is 11.8 Å². The molecule has 35 heavy (non-hydrogen) atoms. The van der Waals surface area contributed by atoms with Crippen molar-refractivity contribution in [1.29, 1.82) is 0 Å². The van der Waals surface area contributed by atoms with Crippen LogP contribution in [0.4, 0.5) is 5.69 Å². The van der Waals surface area contributed by atoms with Crippen LogP contribution in [0.1, 0.15) is 43.2 Å². The van der Waals surface area contributed by atoms with Crippen LogP contribution in [0, 0.1) is 12.8 Å². The minimum atomic E-state index is -0.505. The van der Waals surface area contributed by atoms with Gasteiger partial charge in [0.15, 0.2) is 0 Å². The van der Waals surface area contributed by atoms with Crippen molar-refractivity contribution in [3.8, 4) is 0 Å². The number of aryl methyl sites for hydroxylation is 1. The Hall–Kier alpha value is -3.32.